The molecule has 2 heteroatoms. The molecule has 2 aliphatic rings. The molecule has 3 atom stereocenters. The Morgan fingerprint density at radius 1 is 1.28 bits per heavy atom. The van der Waals surface area contributed by atoms with Gasteiger partial charge in [0, 0.05) is 16.2 Å². The molecule has 1 aromatic carbocycles. The second-order valence-electron chi connectivity index (χ2n) is 6.69. The molecule has 1 aliphatic heterocycles. The van der Waals surface area contributed by atoms with Gasteiger partial charge in [0.2, 0.25) is 0 Å². The SMILES string of the molecule is CC1CC[C@@H]2[C@H](C1)Nc1ccc(Br)cc1C2(C)C. The van der Waals surface area contributed by atoms with E-state index in [0.29, 0.717) is 6.04 Å². The first kappa shape index (κ1) is 12.5. The van der Waals surface area contributed by atoms with Crippen LogP contribution in [0.2, 0.25) is 0 Å². The molecule has 1 N–H and O–H groups in total. The smallest absolute Gasteiger partial charge is 0.0381 e. The van der Waals surface area contributed by atoms with Crippen LogP contribution < -0.4 is 5.32 Å². The van der Waals surface area contributed by atoms with Crippen molar-refractivity contribution in [3.8, 4) is 0 Å². The monoisotopic (exact) mass is 307 g/mol. The molecule has 1 unspecified atom stereocenters. The molecule has 0 spiro atoms. The van der Waals surface area contributed by atoms with Crippen LogP contribution in [0.15, 0.2) is 22.7 Å². The lowest BCUT2D eigenvalue weighted by Gasteiger charge is -2.50. The van der Waals surface area contributed by atoms with Gasteiger partial charge in [-0.15, -0.1) is 0 Å². The Morgan fingerprint density at radius 2 is 2.06 bits per heavy atom. The molecule has 3 rings (SSSR count). The van der Waals surface area contributed by atoms with Gasteiger partial charge in [0.05, 0.1) is 0 Å². The highest BCUT2D eigenvalue weighted by molar-refractivity contribution is 9.10. The molecule has 0 saturated heterocycles. The van der Waals surface area contributed by atoms with Crippen molar-refractivity contribution in [3.63, 3.8) is 0 Å². The van der Waals surface area contributed by atoms with Gasteiger partial charge in [-0.05, 0) is 53.9 Å². The third kappa shape index (κ3) is 1.89. The zero-order valence-corrected chi connectivity index (χ0v) is 13.0. The molecule has 1 fully saturated rings. The van der Waals surface area contributed by atoms with Crippen molar-refractivity contribution in [2.24, 2.45) is 11.8 Å². The fraction of sp³-hybridized carbons (Fsp3) is 0.625. The highest BCUT2D eigenvalue weighted by Gasteiger charge is 2.44. The molecule has 1 nitrogen and oxygen atoms in total. The van der Waals surface area contributed by atoms with Gasteiger partial charge >= 0.3 is 0 Å². The van der Waals surface area contributed by atoms with E-state index in [1.807, 2.05) is 0 Å². The normalized spacial score (nSPS) is 33.2. The van der Waals surface area contributed by atoms with Crippen molar-refractivity contribution in [1.82, 2.24) is 0 Å². The Morgan fingerprint density at radius 3 is 2.83 bits per heavy atom. The Balaban J connectivity index is 2.04. The number of fused-ring (bicyclic) bond motifs is 2. The van der Waals surface area contributed by atoms with E-state index in [4.69, 9.17) is 0 Å². The van der Waals surface area contributed by atoms with E-state index >= 15 is 0 Å². The number of nitrogens with one attached hydrogen (secondary N) is 1. The quantitative estimate of drug-likeness (QED) is 0.714. The third-order valence-corrected chi connectivity index (χ3v) is 5.55. The molecule has 0 radical (unpaired) electrons. The fourth-order valence-electron chi connectivity index (χ4n) is 3.98. The number of rotatable bonds is 0. The number of anilines is 1. The van der Waals surface area contributed by atoms with Gasteiger partial charge in [-0.25, -0.2) is 0 Å². The lowest BCUT2D eigenvalue weighted by atomic mass is 9.61. The summed E-state index contributed by atoms with van der Waals surface area (Å²) in [7, 11) is 0. The van der Waals surface area contributed by atoms with E-state index < -0.39 is 0 Å². The molecule has 1 aliphatic carbocycles. The molecular weight excluding hydrogens is 286 g/mol. The van der Waals surface area contributed by atoms with Gasteiger partial charge in [-0.1, -0.05) is 43.1 Å². The van der Waals surface area contributed by atoms with E-state index in [9.17, 15) is 0 Å². The molecule has 0 bridgehead atoms. The Labute approximate surface area is 118 Å². The van der Waals surface area contributed by atoms with Crippen molar-refractivity contribution >= 4 is 21.6 Å². The summed E-state index contributed by atoms with van der Waals surface area (Å²) in [6.45, 7) is 7.24. The predicted octanol–water partition coefficient (Wildman–Crippen LogP) is 4.96. The van der Waals surface area contributed by atoms with Gasteiger partial charge in [-0.3, -0.25) is 0 Å². The fourth-order valence-corrected chi connectivity index (χ4v) is 4.34. The molecular formula is C16H22BrN. The summed E-state index contributed by atoms with van der Waals surface area (Å²) >= 11 is 3.61. The zero-order chi connectivity index (χ0) is 12.9. The van der Waals surface area contributed by atoms with Crippen molar-refractivity contribution in [2.45, 2.75) is 51.5 Å². The summed E-state index contributed by atoms with van der Waals surface area (Å²) in [5.41, 5.74) is 3.11. The zero-order valence-electron chi connectivity index (χ0n) is 11.5. The van der Waals surface area contributed by atoms with Crippen LogP contribution in [-0.2, 0) is 5.41 Å². The average molecular weight is 308 g/mol. The number of halogens is 1. The summed E-state index contributed by atoms with van der Waals surface area (Å²) in [6.07, 6.45) is 4.07. The van der Waals surface area contributed by atoms with E-state index in [1.54, 1.807) is 0 Å². The van der Waals surface area contributed by atoms with Crippen LogP contribution in [0.1, 0.15) is 45.6 Å². The van der Waals surface area contributed by atoms with Crippen LogP contribution in [0, 0.1) is 11.8 Å². The molecule has 0 amide bonds. The second kappa shape index (κ2) is 4.26. The van der Waals surface area contributed by atoms with Gasteiger partial charge < -0.3 is 5.32 Å². The highest BCUT2D eigenvalue weighted by atomic mass is 79.9. The van der Waals surface area contributed by atoms with Crippen LogP contribution >= 0.6 is 15.9 Å². The summed E-state index contributed by atoms with van der Waals surface area (Å²) in [5, 5.41) is 3.79. The van der Waals surface area contributed by atoms with Crippen LogP contribution in [0.5, 0.6) is 0 Å². The van der Waals surface area contributed by atoms with Gasteiger partial charge in [0.1, 0.15) is 0 Å². The molecule has 1 saturated carbocycles. The molecule has 18 heavy (non-hydrogen) atoms. The first-order valence-electron chi connectivity index (χ1n) is 7.05. The lowest BCUT2D eigenvalue weighted by Crippen LogP contribution is -2.48. The summed E-state index contributed by atoms with van der Waals surface area (Å²) in [4.78, 5) is 0. The minimum atomic E-state index is 0.287. The molecule has 1 heterocycles. The molecule has 0 aromatic heterocycles. The maximum absolute atomic E-state index is 3.79. The summed E-state index contributed by atoms with van der Waals surface area (Å²) in [5.74, 6) is 1.64. The summed E-state index contributed by atoms with van der Waals surface area (Å²) < 4.78 is 1.19. The van der Waals surface area contributed by atoms with Crippen molar-refractivity contribution in [3.05, 3.63) is 28.2 Å². The largest absolute Gasteiger partial charge is 0.382 e. The third-order valence-electron chi connectivity index (χ3n) is 5.06. The highest BCUT2D eigenvalue weighted by Crippen LogP contribution is 2.49. The van der Waals surface area contributed by atoms with Crippen LogP contribution in [0.3, 0.4) is 0 Å². The number of benzene rings is 1. The maximum Gasteiger partial charge on any atom is 0.0381 e. The van der Waals surface area contributed by atoms with Crippen LogP contribution in [0.25, 0.3) is 0 Å². The van der Waals surface area contributed by atoms with Crippen molar-refractivity contribution in [1.29, 1.82) is 0 Å². The van der Waals surface area contributed by atoms with Crippen LogP contribution in [-0.4, -0.2) is 6.04 Å². The van der Waals surface area contributed by atoms with E-state index in [1.165, 1.54) is 35.0 Å². The van der Waals surface area contributed by atoms with Crippen molar-refractivity contribution in [2.75, 3.05) is 5.32 Å². The Kier molecular flexibility index (Phi) is 2.97. The number of hydrogen-bond acceptors (Lipinski definition) is 1. The topological polar surface area (TPSA) is 12.0 Å². The molecule has 1 aromatic rings. The van der Waals surface area contributed by atoms with E-state index in [0.717, 1.165) is 11.8 Å². The van der Waals surface area contributed by atoms with E-state index in [2.05, 4.69) is 60.2 Å². The standard InChI is InChI=1S/C16H22BrN/c1-10-4-6-12-15(8-10)18-14-7-5-11(17)9-13(14)16(12,2)3/h5,7,9-10,12,15,18H,4,6,8H2,1-3H3/t10?,12-,15+/m1/s1. The first-order valence-corrected chi connectivity index (χ1v) is 7.84. The summed E-state index contributed by atoms with van der Waals surface area (Å²) in [6, 6.07) is 7.35. The Bertz CT molecular complexity index is 466. The number of hydrogen-bond donors (Lipinski definition) is 1. The minimum Gasteiger partial charge on any atom is -0.382 e. The Hall–Kier alpha value is -0.500. The average Bonchev–Trinajstić information content (AvgIpc) is 2.30. The lowest BCUT2D eigenvalue weighted by molar-refractivity contribution is 0.174. The van der Waals surface area contributed by atoms with Gasteiger partial charge in [0.15, 0.2) is 0 Å². The predicted molar refractivity (Wildman–Crippen MR) is 81.1 cm³/mol. The van der Waals surface area contributed by atoms with Crippen LogP contribution in [0.4, 0.5) is 5.69 Å². The van der Waals surface area contributed by atoms with E-state index in [-0.39, 0.29) is 5.41 Å². The van der Waals surface area contributed by atoms with Gasteiger partial charge in [0.25, 0.3) is 0 Å². The van der Waals surface area contributed by atoms with Crippen molar-refractivity contribution < 1.29 is 0 Å². The maximum atomic E-state index is 3.79. The molecule has 98 valence electrons. The first-order chi connectivity index (χ1) is 8.48. The second-order valence-corrected chi connectivity index (χ2v) is 7.60. The van der Waals surface area contributed by atoms with Gasteiger partial charge in [-0.2, -0.15) is 0 Å². The minimum absolute atomic E-state index is 0.287.